The maximum absolute atomic E-state index is 12.8. The van der Waals surface area contributed by atoms with Crippen molar-refractivity contribution in [3.05, 3.63) is 53.7 Å². The SMILES string of the molecule is COc1cccc(CN(C)C(=O)C(C)N2CCc3ccccc32)n1. The first-order valence-corrected chi connectivity index (χ1v) is 8.19. The van der Waals surface area contributed by atoms with Crippen molar-refractivity contribution in [1.82, 2.24) is 9.88 Å². The van der Waals surface area contributed by atoms with Crippen molar-refractivity contribution in [3.63, 3.8) is 0 Å². The van der Waals surface area contributed by atoms with Crippen LogP contribution >= 0.6 is 0 Å². The number of ether oxygens (including phenoxy) is 1. The molecule has 0 fully saturated rings. The van der Waals surface area contributed by atoms with Crippen LogP contribution in [0.2, 0.25) is 0 Å². The van der Waals surface area contributed by atoms with Crippen LogP contribution in [0.3, 0.4) is 0 Å². The largest absolute Gasteiger partial charge is 0.481 e. The van der Waals surface area contributed by atoms with Crippen LogP contribution in [-0.2, 0) is 17.8 Å². The Bertz CT molecular complexity index is 732. The van der Waals surface area contributed by atoms with Crippen LogP contribution in [0.1, 0.15) is 18.2 Å². The second kappa shape index (κ2) is 6.91. The first-order chi connectivity index (χ1) is 11.6. The Kier molecular flexibility index (Phi) is 4.69. The van der Waals surface area contributed by atoms with Gasteiger partial charge in [-0.2, -0.15) is 0 Å². The molecule has 0 bridgehead atoms. The molecule has 5 heteroatoms. The molecule has 5 nitrogen and oxygen atoms in total. The highest BCUT2D eigenvalue weighted by Crippen LogP contribution is 2.29. The highest BCUT2D eigenvalue weighted by Gasteiger charge is 2.29. The van der Waals surface area contributed by atoms with E-state index in [1.54, 1.807) is 18.1 Å². The molecule has 2 heterocycles. The normalized spacial score (nSPS) is 14.2. The van der Waals surface area contributed by atoms with E-state index in [9.17, 15) is 4.79 Å². The number of amides is 1. The van der Waals surface area contributed by atoms with Gasteiger partial charge < -0.3 is 14.5 Å². The highest BCUT2D eigenvalue weighted by atomic mass is 16.5. The molecular weight excluding hydrogens is 302 g/mol. The summed E-state index contributed by atoms with van der Waals surface area (Å²) < 4.78 is 5.14. The predicted molar refractivity (Wildman–Crippen MR) is 94.2 cm³/mol. The third kappa shape index (κ3) is 3.20. The molecule has 1 aliphatic heterocycles. The topological polar surface area (TPSA) is 45.7 Å². The molecular formula is C19H23N3O2. The average molecular weight is 325 g/mol. The van der Waals surface area contributed by atoms with E-state index in [0.717, 1.165) is 18.7 Å². The van der Waals surface area contributed by atoms with Gasteiger partial charge in [0.1, 0.15) is 6.04 Å². The Morgan fingerprint density at radius 2 is 2.08 bits per heavy atom. The van der Waals surface area contributed by atoms with E-state index >= 15 is 0 Å². The van der Waals surface area contributed by atoms with E-state index in [1.165, 1.54) is 11.3 Å². The van der Waals surface area contributed by atoms with Gasteiger partial charge in [-0.05, 0) is 31.0 Å². The molecule has 3 rings (SSSR count). The molecule has 1 aliphatic rings. The number of hydrogen-bond donors (Lipinski definition) is 0. The fraction of sp³-hybridized carbons (Fsp3) is 0.368. The molecule has 2 aromatic rings. The van der Waals surface area contributed by atoms with Gasteiger partial charge in [0.25, 0.3) is 0 Å². The molecule has 0 spiro atoms. The van der Waals surface area contributed by atoms with Crippen molar-refractivity contribution in [2.24, 2.45) is 0 Å². The molecule has 1 atom stereocenters. The van der Waals surface area contributed by atoms with Crippen LogP contribution in [0.15, 0.2) is 42.5 Å². The van der Waals surface area contributed by atoms with Gasteiger partial charge in [0.2, 0.25) is 11.8 Å². The minimum absolute atomic E-state index is 0.0938. The number of aromatic nitrogens is 1. The summed E-state index contributed by atoms with van der Waals surface area (Å²) in [7, 11) is 3.41. The number of rotatable bonds is 5. The summed E-state index contributed by atoms with van der Waals surface area (Å²) in [5.41, 5.74) is 3.31. The van der Waals surface area contributed by atoms with Crippen molar-refractivity contribution in [2.45, 2.75) is 25.9 Å². The van der Waals surface area contributed by atoms with Crippen LogP contribution in [0.4, 0.5) is 5.69 Å². The number of nitrogens with zero attached hydrogens (tertiary/aromatic N) is 3. The zero-order valence-corrected chi connectivity index (χ0v) is 14.4. The van der Waals surface area contributed by atoms with Gasteiger partial charge in [-0.3, -0.25) is 4.79 Å². The Morgan fingerprint density at radius 3 is 2.88 bits per heavy atom. The van der Waals surface area contributed by atoms with Crippen molar-refractivity contribution < 1.29 is 9.53 Å². The lowest BCUT2D eigenvalue weighted by Crippen LogP contribution is -2.45. The molecule has 0 N–H and O–H groups in total. The first-order valence-electron chi connectivity index (χ1n) is 8.19. The van der Waals surface area contributed by atoms with Gasteiger partial charge in [-0.1, -0.05) is 24.3 Å². The molecule has 24 heavy (non-hydrogen) atoms. The van der Waals surface area contributed by atoms with Crippen molar-refractivity contribution >= 4 is 11.6 Å². The van der Waals surface area contributed by atoms with E-state index < -0.39 is 0 Å². The van der Waals surface area contributed by atoms with Crippen LogP contribution in [0.5, 0.6) is 5.88 Å². The lowest BCUT2D eigenvalue weighted by Gasteiger charge is -2.30. The zero-order chi connectivity index (χ0) is 17.1. The second-order valence-corrected chi connectivity index (χ2v) is 6.11. The number of anilines is 1. The summed E-state index contributed by atoms with van der Waals surface area (Å²) in [5.74, 6) is 0.659. The smallest absolute Gasteiger partial charge is 0.245 e. The van der Waals surface area contributed by atoms with E-state index in [4.69, 9.17) is 4.74 Å². The first kappa shape index (κ1) is 16.3. The number of methoxy groups -OCH3 is 1. The average Bonchev–Trinajstić information content (AvgIpc) is 3.04. The standard InChI is InChI=1S/C19H23N3O2/c1-14(22-12-11-15-7-4-5-9-17(15)22)19(23)21(2)13-16-8-6-10-18(20-16)24-3/h4-10,14H,11-13H2,1-3H3. The van der Waals surface area contributed by atoms with E-state index in [-0.39, 0.29) is 11.9 Å². The zero-order valence-electron chi connectivity index (χ0n) is 14.4. The summed E-state index contributed by atoms with van der Waals surface area (Å²) in [5, 5.41) is 0. The molecule has 0 saturated heterocycles. The van der Waals surface area contributed by atoms with Crippen molar-refractivity contribution in [3.8, 4) is 5.88 Å². The minimum Gasteiger partial charge on any atom is -0.481 e. The predicted octanol–water partition coefficient (Wildman–Crippen LogP) is 2.50. The minimum atomic E-state index is -0.191. The van der Waals surface area contributed by atoms with Gasteiger partial charge in [0, 0.05) is 25.3 Å². The molecule has 1 amide bonds. The lowest BCUT2D eigenvalue weighted by atomic mass is 10.1. The van der Waals surface area contributed by atoms with Crippen LogP contribution < -0.4 is 9.64 Å². The maximum atomic E-state index is 12.8. The Morgan fingerprint density at radius 1 is 1.29 bits per heavy atom. The van der Waals surface area contributed by atoms with E-state index in [0.29, 0.717) is 12.4 Å². The molecule has 126 valence electrons. The van der Waals surface area contributed by atoms with Gasteiger partial charge in [0.15, 0.2) is 0 Å². The van der Waals surface area contributed by atoms with Gasteiger partial charge in [0.05, 0.1) is 19.3 Å². The van der Waals surface area contributed by atoms with Crippen LogP contribution in [-0.4, -0.2) is 42.5 Å². The molecule has 0 aliphatic carbocycles. The summed E-state index contributed by atoms with van der Waals surface area (Å²) in [6.07, 6.45) is 0.995. The fourth-order valence-corrected chi connectivity index (χ4v) is 3.20. The third-order valence-electron chi connectivity index (χ3n) is 4.51. The number of pyridine rings is 1. The number of fused-ring (bicyclic) bond motifs is 1. The molecule has 0 saturated carbocycles. The Hall–Kier alpha value is -2.56. The molecule has 0 radical (unpaired) electrons. The highest BCUT2D eigenvalue weighted by molar-refractivity contribution is 5.85. The van der Waals surface area contributed by atoms with Gasteiger partial charge in [-0.25, -0.2) is 4.98 Å². The van der Waals surface area contributed by atoms with Gasteiger partial charge >= 0.3 is 0 Å². The lowest BCUT2D eigenvalue weighted by molar-refractivity contribution is -0.131. The van der Waals surface area contributed by atoms with Crippen LogP contribution in [0.25, 0.3) is 0 Å². The Labute approximate surface area is 142 Å². The number of carbonyl (C=O) groups excluding carboxylic acids is 1. The van der Waals surface area contributed by atoms with E-state index in [2.05, 4.69) is 28.1 Å². The number of para-hydroxylation sites is 1. The fourth-order valence-electron chi connectivity index (χ4n) is 3.20. The third-order valence-corrected chi connectivity index (χ3v) is 4.51. The second-order valence-electron chi connectivity index (χ2n) is 6.11. The summed E-state index contributed by atoms with van der Waals surface area (Å²) in [6.45, 7) is 3.33. The summed E-state index contributed by atoms with van der Waals surface area (Å²) in [4.78, 5) is 21.1. The molecule has 1 aromatic carbocycles. The monoisotopic (exact) mass is 325 g/mol. The number of benzene rings is 1. The number of likely N-dealkylation sites (N-methyl/N-ethyl adjacent to an activating group) is 1. The molecule has 1 unspecified atom stereocenters. The quantitative estimate of drug-likeness (QED) is 0.847. The van der Waals surface area contributed by atoms with Crippen molar-refractivity contribution in [1.29, 1.82) is 0 Å². The number of hydrogen-bond acceptors (Lipinski definition) is 4. The summed E-state index contributed by atoms with van der Waals surface area (Å²) >= 11 is 0. The maximum Gasteiger partial charge on any atom is 0.245 e. The van der Waals surface area contributed by atoms with Gasteiger partial charge in [-0.15, -0.1) is 0 Å². The van der Waals surface area contributed by atoms with Crippen molar-refractivity contribution in [2.75, 3.05) is 25.6 Å². The van der Waals surface area contributed by atoms with Crippen LogP contribution in [0, 0.1) is 0 Å². The molecule has 1 aromatic heterocycles. The summed E-state index contributed by atoms with van der Waals surface area (Å²) in [6, 6.07) is 13.7. The number of carbonyl (C=O) groups is 1. The van der Waals surface area contributed by atoms with E-state index in [1.807, 2.05) is 32.2 Å². The Balaban J connectivity index is 1.69.